The Kier molecular flexibility index (Phi) is 5.60. The van der Waals surface area contributed by atoms with E-state index in [9.17, 15) is 9.59 Å². The smallest absolute Gasteiger partial charge is 0.251 e. The number of aromatic amines is 1. The number of H-pyrrole nitrogens is 1. The molecule has 2 N–H and O–H groups in total. The molecule has 1 unspecified atom stereocenters. The summed E-state index contributed by atoms with van der Waals surface area (Å²) in [5.41, 5.74) is 3.43. The number of benzene rings is 1. The lowest BCUT2D eigenvalue weighted by molar-refractivity contribution is -0.115. The van der Waals surface area contributed by atoms with E-state index in [0.717, 1.165) is 16.8 Å². The molecule has 0 saturated heterocycles. The average molecular weight is 331 g/mol. The van der Waals surface area contributed by atoms with Crippen LogP contribution in [0.15, 0.2) is 34.2 Å². The number of hydrogen-bond acceptors (Lipinski definition) is 4. The van der Waals surface area contributed by atoms with Gasteiger partial charge in [-0.1, -0.05) is 36.4 Å². The van der Waals surface area contributed by atoms with Crippen LogP contribution < -0.4 is 10.9 Å². The van der Waals surface area contributed by atoms with Gasteiger partial charge in [-0.2, -0.15) is 0 Å². The summed E-state index contributed by atoms with van der Waals surface area (Å²) in [6.45, 7) is 7.68. The van der Waals surface area contributed by atoms with Crippen molar-refractivity contribution in [2.24, 2.45) is 0 Å². The molecule has 5 nitrogen and oxygen atoms in total. The molecule has 0 aliphatic carbocycles. The van der Waals surface area contributed by atoms with E-state index < -0.39 is 0 Å². The molecule has 0 spiro atoms. The molecule has 0 aliphatic rings. The first-order valence-corrected chi connectivity index (χ1v) is 8.39. The molecule has 1 aromatic heterocycles. The summed E-state index contributed by atoms with van der Waals surface area (Å²) in [6, 6.07) is 7.34. The van der Waals surface area contributed by atoms with Crippen LogP contribution in [0.1, 0.15) is 30.2 Å². The Morgan fingerprint density at radius 1 is 1.30 bits per heavy atom. The van der Waals surface area contributed by atoms with E-state index in [1.165, 1.54) is 17.8 Å². The van der Waals surface area contributed by atoms with Gasteiger partial charge in [0, 0.05) is 17.4 Å². The van der Waals surface area contributed by atoms with Crippen LogP contribution in [0.25, 0.3) is 0 Å². The summed E-state index contributed by atoms with van der Waals surface area (Å²) in [4.78, 5) is 30.9. The minimum absolute atomic E-state index is 0.0893. The van der Waals surface area contributed by atoms with Crippen LogP contribution in [0.3, 0.4) is 0 Å². The van der Waals surface area contributed by atoms with Crippen molar-refractivity contribution in [3.8, 4) is 0 Å². The van der Waals surface area contributed by atoms with Crippen molar-refractivity contribution in [1.82, 2.24) is 9.97 Å². The fraction of sp³-hybridized carbons (Fsp3) is 0.353. The second-order valence-electron chi connectivity index (χ2n) is 5.51. The molecule has 1 aromatic carbocycles. The van der Waals surface area contributed by atoms with E-state index in [1.54, 1.807) is 6.92 Å². The van der Waals surface area contributed by atoms with Gasteiger partial charge in [-0.15, -0.1) is 0 Å². The van der Waals surface area contributed by atoms with Crippen LogP contribution in [0, 0.1) is 20.8 Å². The van der Waals surface area contributed by atoms with Gasteiger partial charge >= 0.3 is 0 Å². The van der Waals surface area contributed by atoms with Crippen molar-refractivity contribution in [3.05, 3.63) is 51.4 Å². The third-order valence-corrected chi connectivity index (χ3v) is 4.65. The van der Waals surface area contributed by atoms with Crippen LogP contribution in [-0.2, 0) is 4.79 Å². The lowest BCUT2D eigenvalue weighted by atomic mass is 10.1. The van der Waals surface area contributed by atoms with E-state index in [4.69, 9.17) is 0 Å². The maximum atomic E-state index is 12.5. The minimum atomic E-state index is -0.319. The van der Waals surface area contributed by atoms with Gasteiger partial charge in [-0.3, -0.25) is 9.59 Å². The van der Waals surface area contributed by atoms with E-state index in [1.807, 2.05) is 39.0 Å². The topological polar surface area (TPSA) is 74.8 Å². The highest BCUT2D eigenvalue weighted by Gasteiger charge is 2.20. The first-order chi connectivity index (χ1) is 10.9. The predicted molar refractivity (Wildman–Crippen MR) is 94.1 cm³/mol. The molecule has 1 heterocycles. The Morgan fingerprint density at radius 2 is 2.04 bits per heavy atom. The molecule has 0 bridgehead atoms. The van der Waals surface area contributed by atoms with Crippen molar-refractivity contribution < 1.29 is 4.79 Å². The predicted octanol–water partition coefficient (Wildman–Crippen LogP) is 3.20. The highest BCUT2D eigenvalue weighted by atomic mass is 32.2. The van der Waals surface area contributed by atoms with Gasteiger partial charge in [0.15, 0.2) is 5.16 Å². The highest BCUT2D eigenvalue weighted by Crippen LogP contribution is 2.24. The number of hydrogen-bond donors (Lipinski definition) is 2. The Bertz CT molecular complexity index is 771. The number of nitrogens with zero attached hydrogens (tertiary/aromatic N) is 1. The lowest BCUT2D eigenvalue weighted by Gasteiger charge is -2.15. The molecule has 2 aromatic rings. The first kappa shape index (κ1) is 17.3. The quantitative estimate of drug-likeness (QED) is 0.652. The van der Waals surface area contributed by atoms with Gasteiger partial charge in [0.1, 0.15) is 0 Å². The number of carbonyl (C=O) groups excluding carboxylic acids is 1. The Hall–Kier alpha value is -2.08. The summed E-state index contributed by atoms with van der Waals surface area (Å²) in [5.74, 6) is -0.0893. The normalized spacial score (nSPS) is 12.0. The third kappa shape index (κ3) is 4.69. The molecule has 122 valence electrons. The summed E-state index contributed by atoms with van der Waals surface area (Å²) in [6.07, 6.45) is 0.638. The van der Waals surface area contributed by atoms with E-state index in [-0.39, 0.29) is 16.7 Å². The molecule has 1 atom stereocenters. The summed E-state index contributed by atoms with van der Waals surface area (Å²) < 4.78 is 0. The summed E-state index contributed by atoms with van der Waals surface area (Å²) in [5, 5.41) is 3.11. The molecule has 23 heavy (non-hydrogen) atoms. The monoisotopic (exact) mass is 331 g/mol. The van der Waals surface area contributed by atoms with Crippen molar-refractivity contribution in [2.45, 2.75) is 44.5 Å². The van der Waals surface area contributed by atoms with Crippen molar-refractivity contribution in [3.63, 3.8) is 0 Å². The first-order valence-electron chi connectivity index (χ1n) is 7.51. The van der Waals surface area contributed by atoms with E-state index in [2.05, 4.69) is 15.3 Å². The molecule has 0 fully saturated rings. The average Bonchev–Trinajstić information content (AvgIpc) is 2.46. The van der Waals surface area contributed by atoms with Crippen LogP contribution in [0.4, 0.5) is 5.69 Å². The summed E-state index contributed by atoms with van der Waals surface area (Å²) >= 11 is 1.27. The van der Waals surface area contributed by atoms with Gasteiger partial charge < -0.3 is 10.3 Å². The highest BCUT2D eigenvalue weighted by molar-refractivity contribution is 8.00. The second-order valence-corrected chi connectivity index (χ2v) is 6.71. The van der Waals surface area contributed by atoms with Gasteiger partial charge in [0.05, 0.1) is 5.25 Å². The van der Waals surface area contributed by atoms with Gasteiger partial charge in [0.2, 0.25) is 5.91 Å². The maximum Gasteiger partial charge on any atom is 0.251 e. The second kappa shape index (κ2) is 7.46. The minimum Gasteiger partial charge on any atom is -0.325 e. The van der Waals surface area contributed by atoms with Gasteiger partial charge in [-0.05, 0) is 38.8 Å². The Labute approximate surface area is 139 Å². The van der Waals surface area contributed by atoms with Crippen molar-refractivity contribution in [1.29, 1.82) is 0 Å². The fourth-order valence-electron chi connectivity index (χ4n) is 2.23. The number of anilines is 1. The third-order valence-electron chi connectivity index (χ3n) is 3.40. The number of thioether (sulfide) groups is 1. The molecular weight excluding hydrogens is 310 g/mol. The number of nitrogens with one attached hydrogen (secondary N) is 2. The number of amides is 1. The molecule has 2 rings (SSSR count). The van der Waals surface area contributed by atoms with E-state index in [0.29, 0.717) is 17.3 Å². The lowest BCUT2D eigenvalue weighted by Crippen LogP contribution is -2.25. The number of aryl methyl sites for hydroxylation is 3. The summed E-state index contributed by atoms with van der Waals surface area (Å²) in [7, 11) is 0. The zero-order valence-corrected chi connectivity index (χ0v) is 14.6. The van der Waals surface area contributed by atoms with Crippen molar-refractivity contribution in [2.75, 3.05) is 5.32 Å². The van der Waals surface area contributed by atoms with Crippen LogP contribution in [0.5, 0.6) is 0 Å². The number of aromatic nitrogens is 2. The molecule has 6 heteroatoms. The van der Waals surface area contributed by atoms with Crippen LogP contribution in [0.2, 0.25) is 0 Å². The molecular formula is C17H21N3O2S. The molecule has 0 radical (unpaired) electrons. The van der Waals surface area contributed by atoms with Crippen molar-refractivity contribution >= 4 is 23.4 Å². The molecule has 0 saturated carbocycles. The maximum absolute atomic E-state index is 12.5. The SMILES string of the molecule is CCC(Sc1nc(C)cc(=O)[nH]1)C(=O)Nc1ccc(C)cc1C. The standard InChI is InChI=1S/C17H21N3O2S/c1-5-14(23-17-18-12(4)9-15(21)20-17)16(22)19-13-7-6-10(2)8-11(13)3/h6-9,14H,5H2,1-4H3,(H,19,22)(H,18,20,21). The number of carbonyl (C=O) groups is 1. The molecule has 1 amide bonds. The zero-order valence-electron chi connectivity index (χ0n) is 13.8. The van der Waals surface area contributed by atoms with Crippen LogP contribution >= 0.6 is 11.8 Å². The zero-order chi connectivity index (χ0) is 17.0. The van der Waals surface area contributed by atoms with E-state index >= 15 is 0 Å². The number of rotatable bonds is 5. The largest absolute Gasteiger partial charge is 0.325 e. The Balaban J connectivity index is 2.13. The van der Waals surface area contributed by atoms with Crippen LogP contribution in [-0.4, -0.2) is 21.1 Å². The fourth-order valence-corrected chi connectivity index (χ4v) is 3.19. The molecule has 0 aliphatic heterocycles. The van der Waals surface area contributed by atoms with Gasteiger partial charge in [0.25, 0.3) is 5.56 Å². The van der Waals surface area contributed by atoms with Gasteiger partial charge in [-0.25, -0.2) is 4.98 Å². The Morgan fingerprint density at radius 3 is 2.65 bits per heavy atom.